The summed E-state index contributed by atoms with van der Waals surface area (Å²) in [6.45, 7) is 2.39. The van der Waals surface area contributed by atoms with Gasteiger partial charge >= 0.3 is 0 Å². The number of carbonyl (C=O) groups excluding carboxylic acids is 1. The van der Waals surface area contributed by atoms with E-state index in [1.807, 2.05) is 48.9 Å². The normalized spacial score (nSPS) is 11.1. The molecule has 0 aliphatic carbocycles. The third-order valence-electron chi connectivity index (χ3n) is 5.17. The van der Waals surface area contributed by atoms with Crippen LogP contribution in [0, 0.1) is 5.82 Å². The molecule has 1 N–H and O–H groups in total. The number of halogens is 1. The largest absolute Gasteiger partial charge is 0.490 e. The van der Waals surface area contributed by atoms with E-state index >= 15 is 0 Å². The number of aryl methyl sites for hydroxylation is 1. The first-order chi connectivity index (χ1) is 16.1. The number of hydrogen-bond acceptors (Lipinski definition) is 4. The Labute approximate surface area is 191 Å². The summed E-state index contributed by atoms with van der Waals surface area (Å²) < 4.78 is 27.1. The molecule has 0 unspecified atom stereocenters. The molecule has 4 rings (SSSR count). The van der Waals surface area contributed by atoms with Crippen LogP contribution in [-0.2, 0) is 13.7 Å². The zero-order valence-electron chi connectivity index (χ0n) is 18.4. The SMILES string of the molecule is CCOc1cc(/C=N/NC(=O)c2cc3ccccc3n2C)ccc1OCc1ccccc1F. The van der Waals surface area contributed by atoms with Gasteiger partial charge in [0.05, 0.1) is 12.8 Å². The summed E-state index contributed by atoms with van der Waals surface area (Å²) in [6, 6.07) is 21.4. The summed E-state index contributed by atoms with van der Waals surface area (Å²) in [5.74, 6) is 0.385. The Morgan fingerprint density at radius 1 is 1.03 bits per heavy atom. The van der Waals surface area contributed by atoms with Crippen LogP contribution in [-0.4, -0.2) is 23.3 Å². The molecule has 6 nitrogen and oxygen atoms in total. The Morgan fingerprint density at radius 3 is 2.61 bits per heavy atom. The molecule has 0 spiro atoms. The first-order valence-corrected chi connectivity index (χ1v) is 10.6. The van der Waals surface area contributed by atoms with Crippen LogP contribution >= 0.6 is 0 Å². The Hall–Kier alpha value is -4.13. The monoisotopic (exact) mass is 445 g/mol. The highest BCUT2D eigenvalue weighted by Gasteiger charge is 2.12. The Balaban J connectivity index is 1.45. The predicted octanol–water partition coefficient (Wildman–Crippen LogP) is 5.06. The van der Waals surface area contributed by atoms with Crippen LogP contribution in [0.2, 0.25) is 0 Å². The average Bonchev–Trinajstić information content (AvgIpc) is 3.16. The van der Waals surface area contributed by atoms with Gasteiger partial charge in [0, 0.05) is 23.5 Å². The number of hydrazone groups is 1. The standard InChI is InChI=1S/C26H24FN3O3/c1-3-32-25-14-18(12-13-24(25)33-17-20-9-4-6-10-21(20)27)16-28-29-26(31)23-15-19-8-5-7-11-22(19)30(23)2/h4-16H,3,17H2,1-2H3,(H,29,31)/b28-16+. The van der Waals surface area contributed by atoms with E-state index in [2.05, 4.69) is 10.5 Å². The molecule has 168 valence electrons. The maximum atomic E-state index is 13.9. The number of rotatable bonds is 8. The van der Waals surface area contributed by atoms with Gasteiger partial charge in [-0.2, -0.15) is 5.10 Å². The van der Waals surface area contributed by atoms with Gasteiger partial charge in [0.1, 0.15) is 18.1 Å². The van der Waals surface area contributed by atoms with Crippen molar-refractivity contribution in [2.75, 3.05) is 6.61 Å². The lowest BCUT2D eigenvalue weighted by Crippen LogP contribution is -2.20. The van der Waals surface area contributed by atoms with Gasteiger partial charge < -0.3 is 14.0 Å². The first-order valence-electron chi connectivity index (χ1n) is 10.6. The second kappa shape index (κ2) is 9.99. The number of benzene rings is 3. The molecule has 0 saturated heterocycles. The highest BCUT2D eigenvalue weighted by molar-refractivity contribution is 5.99. The van der Waals surface area contributed by atoms with Crippen LogP contribution in [0.3, 0.4) is 0 Å². The fourth-order valence-corrected chi connectivity index (χ4v) is 3.49. The fourth-order valence-electron chi connectivity index (χ4n) is 3.49. The van der Waals surface area contributed by atoms with Crippen molar-refractivity contribution in [1.82, 2.24) is 9.99 Å². The summed E-state index contributed by atoms with van der Waals surface area (Å²) in [6.07, 6.45) is 1.53. The maximum Gasteiger partial charge on any atom is 0.287 e. The van der Waals surface area contributed by atoms with Crippen molar-refractivity contribution >= 4 is 23.0 Å². The highest BCUT2D eigenvalue weighted by atomic mass is 19.1. The predicted molar refractivity (Wildman–Crippen MR) is 126 cm³/mol. The van der Waals surface area contributed by atoms with Gasteiger partial charge in [-0.1, -0.05) is 36.4 Å². The van der Waals surface area contributed by atoms with Gasteiger partial charge in [0.2, 0.25) is 0 Å². The van der Waals surface area contributed by atoms with Crippen LogP contribution in [0.15, 0.2) is 77.9 Å². The molecule has 33 heavy (non-hydrogen) atoms. The Bertz CT molecular complexity index is 1310. The number of aromatic nitrogens is 1. The fraction of sp³-hybridized carbons (Fsp3) is 0.154. The minimum Gasteiger partial charge on any atom is -0.490 e. The maximum absolute atomic E-state index is 13.9. The van der Waals surface area contributed by atoms with Gasteiger partial charge in [-0.25, -0.2) is 9.82 Å². The summed E-state index contributed by atoms with van der Waals surface area (Å²) in [5.41, 5.74) is 5.23. The molecule has 0 aliphatic heterocycles. The number of carbonyl (C=O) groups is 1. The van der Waals surface area contributed by atoms with Crippen molar-refractivity contribution < 1.29 is 18.7 Å². The van der Waals surface area contributed by atoms with E-state index in [-0.39, 0.29) is 18.3 Å². The molecule has 1 amide bonds. The van der Waals surface area contributed by atoms with Crippen molar-refractivity contribution in [2.24, 2.45) is 12.1 Å². The highest BCUT2D eigenvalue weighted by Crippen LogP contribution is 2.29. The van der Waals surface area contributed by atoms with Gasteiger partial charge in [0.15, 0.2) is 11.5 Å². The molecule has 0 saturated carbocycles. The molecule has 1 heterocycles. The lowest BCUT2D eigenvalue weighted by molar-refractivity contribution is 0.0947. The van der Waals surface area contributed by atoms with E-state index in [1.54, 1.807) is 36.4 Å². The molecule has 3 aromatic carbocycles. The topological polar surface area (TPSA) is 64.8 Å². The third-order valence-corrected chi connectivity index (χ3v) is 5.17. The zero-order valence-corrected chi connectivity index (χ0v) is 18.4. The Morgan fingerprint density at radius 2 is 1.82 bits per heavy atom. The molecule has 4 aromatic rings. The van der Waals surface area contributed by atoms with Crippen LogP contribution in [0.1, 0.15) is 28.5 Å². The quantitative estimate of drug-likeness (QED) is 0.305. The summed E-state index contributed by atoms with van der Waals surface area (Å²) in [4.78, 5) is 12.6. The van der Waals surface area contributed by atoms with Gasteiger partial charge in [0.25, 0.3) is 5.91 Å². The van der Waals surface area contributed by atoms with Crippen LogP contribution in [0.5, 0.6) is 11.5 Å². The molecule has 0 fully saturated rings. The third kappa shape index (κ3) is 5.03. The van der Waals surface area contributed by atoms with Crippen molar-refractivity contribution in [2.45, 2.75) is 13.5 Å². The minimum atomic E-state index is -0.318. The smallest absolute Gasteiger partial charge is 0.287 e. The number of amides is 1. The van der Waals surface area contributed by atoms with Crippen LogP contribution < -0.4 is 14.9 Å². The van der Waals surface area contributed by atoms with E-state index in [0.29, 0.717) is 34.9 Å². The molecule has 7 heteroatoms. The molecule has 0 atom stereocenters. The second-order valence-electron chi connectivity index (χ2n) is 7.37. The zero-order chi connectivity index (χ0) is 23.2. The van der Waals surface area contributed by atoms with Crippen LogP contribution in [0.4, 0.5) is 4.39 Å². The van der Waals surface area contributed by atoms with Crippen molar-refractivity contribution in [3.05, 3.63) is 95.4 Å². The minimum absolute atomic E-state index is 0.0846. The molecule has 0 radical (unpaired) electrons. The molecule has 0 bridgehead atoms. The van der Waals surface area contributed by atoms with Crippen molar-refractivity contribution in [3.8, 4) is 11.5 Å². The van der Waals surface area contributed by atoms with E-state index in [9.17, 15) is 9.18 Å². The lowest BCUT2D eigenvalue weighted by Gasteiger charge is -2.13. The molecular formula is C26H24FN3O3. The number of nitrogens with zero attached hydrogens (tertiary/aromatic N) is 2. The molecular weight excluding hydrogens is 421 g/mol. The van der Waals surface area contributed by atoms with Gasteiger partial charge in [-0.15, -0.1) is 0 Å². The van der Waals surface area contributed by atoms with E-state index in [0.717, 1.165) is 10.9 Å². The van der Waals surface area contributed by atoms with E-state index < -0.39 is 0 Å². The van der Waals surface area contributed by atoms with Crippen molar-refractivity contribution in [1.29, 1.82) is 0 Å². The number of para-hydroxylation sites is 1. The van der Waals surface area contributed by atoms with Gasteiger partial charge in [-0.3, -0.25) is 4.79 Å². The van der Waals surface area contributed by atoms with E-state index in [4.69, 9.17) is 9.47 Å². The number of hydrogen-bond donors (Lipinski definition) is 1. The Kier molecular flexibility index (Phi) is 6.69. The number of nitrogens with one attached hydrogen (secondary N) is 1. The summed E-state index contributed by atoms with van der Waals surface area (Å²) in [5, 5.41) is 5.07. The van der Waals surface area contributed by atoms with Crippen molar-refractivity contribution in [3.63, 3.8) is 0 Å². The summed E-state index contributed by atoms with van der Waals surface area (Å²) in [7, 11) is 1.84. The second-order valence-corrected chi connectivity index (χ2v) is 7.37. The lowest BCUT2D eigenvalue weighted by atomic mass is 10.2. The van der Waals surface area contributed by atoms with Gasteiger partial charge in [-0.05, 0) is 48.9 Å². The molecule has 1 aromatic heterocycles. The average molecular weight is 445 g/mol. The van der Waals surface area contributed by atoms with E-state index in [1.165, 1.54) is 12.3 Å². The van der Waals surface area contributed by atoms with Crippen LogP contribution in [0.25, 0.3) is 10.9 Å². The first kappa shape index (κ1) is 22.1. The number of ether oxygens (including phenoxy) is 2. The number of fused-ring (bicyclic) bond motifs is 1. The summed E-state index contributed by atoms with van der Waals surface area (Å²) >= 11 is 0. The molecule has 0 aliphatic rings.